The van der Waals surface area contributed by atoms with Crippen LogP contribution in [0.2, 0.25) is 0 Å². The molecule has 190 valence electrons. The molecule has 0 atom stereocenters. The topological polar surface area (TPSA) is 96.0 Å². The van der Waals surface area contributed by atoms with Crippen molar-refractivity contribution in [2.24, 2.45) is 0 Å². The third kappa shape index (κ3) is 8.55. The average Bonchev–Trinajstić information content (AvgIpc) is 2.85. The summed E-state index contributed by atoms with van der Waals surface area (Å²) in [4.78, 5) is 32.1. The van der Waals surface area contributed by atoms with Crippen LogP contribution in [0, 0.1) is 5.82 Å². The maximum absolute atomic E-state index is 14.5. The number of carbonyl (C=O) groups excluding carboxylic acids is 2. The van der Waals surface area contributed by atoms with Crippen LogP contribution in [0.3, 0.4) is 0 Å². The summed E-state index contributed by atoms with van der Waals surface area (Å²) in [7, 11) is 5.67. The molecule has 0 saturated heterocycles. The first-order valence-electron chi connectivity index (χ1n) is 11.4. The van der Waals surface area contributed by atoms with Gasteiger partial charge in [0.05, 0.1) is 5.69 Å². The molecule has 2 N–H and O–H groups in total. The van der Waals surface area contributed by atoms with Gasteiger partial charge in [-0.1, -0.05) is 30.3 Å². The molecule has 1 heterocycles. The number of urea groups is 1. The summed E-state index contributed by atoms with van der Waals surface area (Å²) >= 11 is 0. The van der Waals surface area contributed by atoms with Crippen molar-refractivity contribution >= 4 is 23.6 Å². The Morgan fingerprint density at radius 3 is 2.42 bits per heavy atom. The van der Waals surface area contributed by atoms with E-state index in [2.05, 4.69) is 20.5 Å². The highest BCUT2D eigenvalue weighted by Crippen LogP contribution is 2.27. The lowest BCUT2D eigenvalue weighted by Crippen LogP contribution is -2.33. The maximum Gasteiger partial charge on any atom is 0.412 e. The zero-order chi connectivity index (χ0) is 25.9. The summed E-state index contributed by atoms with van der Waals surface area (Å²) in [6.45, 7) is 1.54. The van der Waals surface area contributed by atoms with E-state index in [1.165, 1.54) is 24.4 Å². The van der Waals surface area contributed by atoms with Crippen LogP contribution in [0.4, 0.5) is 25.5 Å². The number of rotatable bonds is 10. The minimum atomic E-state index is -0.771. The standard InChI is InChI=1S/C26H30FN5O4/c1-31(2)14-7-15-32(3)25(33)30-24-17-21(12-13-28-24)36-20-10-11-23(22(27)16-20)29-26(34)35-18-19-8-5-4-6-9-19/h4-6,8-13,16-17H,7,14-15,18H2,1-3H3,(H,29,34)(H,28,30,33). The number of pyridine rings is 1. The zero-order valence-corrected chi connectivity index (χ0v) is 20.5. The molecule has 0 aliphatic carbocycles. The maximum atomic E-state index is 14.5. The fourth-order valence-corrected chi connectivity index (χ4v) is 3.14. The summed E-state index contributed by atoms with van der Waals surface area (Å²) < 4.78 is 25.4. The van der Waals surface area contributed by atoms with E-state index in [9.17, 15) is 14.0 Å². The molecular formula is C26H30FN5O4. The lowest BCUT2D eigenvalue weighted by Gasteiger charge is -2.19. The summed E-state index contributed by atoms with van der Waals surface area (Å²) in [5, 5.41) is 5.10. The van der Waals surface area contributed by atoms with Gasteiger partial charge in [0, 0.05) is 31.9 Å². The van der Waals surface area contributed by atoms with Crippen molar-refractivity contribution in [2.75, 3.05) is 44.9 Å². The Kier molecular flexibility index (Phi) is 9.58. The second-order valence-corrected chi connectivity index (χ2v) is 8.32. The lowest BCUT2D eigenvalue weighted by atomic mass is 10.2. The summed E-state index contributed by atoms with van der Waals surface area (Å²) in [6.07, 6.45) is 1.55. The molecule has 0 aliphatic heterocycles. The third-order valence-electron chi connectivity index (χ3n) is 5.04. The molecule has 3 aromatic rings. The molecule has 36 heavy (non-hydrogen) atoms. The molecule has 0 aliphatic rings. The van der Waals surface area contributed by atoms with Gasteiger partial charge in [-0.3, -0.25) is 10.6 Å². The highest BCUT2D eigenvalue weighted by molar-refractivity contribution is 5.88. The number of aromatic nitrogens is 1. The number of nitrogens with zero attached hydrogens (tertiary/aromatic N) is 3. The van der Waals surface area contributed by atoms with E-state index in [1.807, 2.05) is 44.4 Å². The van der Waals surface area contributed by atoms with Gasteiger partial charge < -0.3 is 19.3 Å². The summed E-state index contributed by atoms with van der Waals surface area (Å²) in [6, 6.07) is 16.0. The van der Waals surface area contributed by atoms with Crippen LogP contribution in [-0.2, 0) is 11.3 Å². The third-order valence-corrected chi connectivity index (χ3v) is 5.04. The molecule has 3 rings (SSSR count). The molecule has 0 unspecified atom stereocenters. The number of amides is 3. The quantitative estimate of drug-likeness (QED) is 0.403. The Morgan fingerprint density at radius 2 is 1.69 bits per heavy atom. The number of hydrogen-bond acceptors (Lipinski definition) is 6. The van der Waals surface area contributed by atoms with Crippen molar-refractivity contribution < 1.29 is 23.5 Å². The number of ether oxygens (including phenoxy) is 2. The lowest BCUT2D eigenvalue weighted by molar-refractivity contribution is 0.155. The average molecular weight is 496 g/mol. The Balaban J connectivity index is 1.53. The van der Waals surface area contributed by atoms with Crippen molar-refractivity contribution in [3.8, 4) is 11.5 Å². The van der Waals surface area contributed by atoms with Gasteiger partial charge >= 0.3 is 12.1 Å². The molecule has 10 heteroatoms. The molecule has 0 radical (unpaired) electrons. The van der Waals surface area contributed by atoms with Crippen LogP contribution in [-0.4, -0.2) is 61.1 Å². The fraction of sp³-hybridized carbons (Fsp3) is 0.269. The number of hydrogen-bond donors (Lipinski definition) is 2. The van der Waals surface area contributed by atoms with Gasteiger partial charge in [0.25, 0.3) is 0 Å². The van der Waals surface area contributed by atoms with Crippen LogP contribution in [0.15, 0.2) is 66.9 Å². The van der Waals surface area contributed by atoms with Gasteiger partial charge in [-0.05, 0) is 50.8 Å². The Hall–Kier alpha value is -4.18. The van der Waals surface area contributed by atoms with E-state index in [1.54, 1.807) is 18.0 Å². The van der Waals surface area contributed by atoms with Crippen molar-refractivity contribution in [3.63, 3.8) is 0 Å². The van der Waals surface area contributed by atoms with Gasteiger partial charge in [-0.25, -0.2) is 19.0 Å². The van der Waals surface area contributed by atoms with E-state index in [-0.39, 0.29) is 24.1 Å². The van der Waals surface area contributed by atoms with Gasteiger partial charge in [-0.2, -0.15) is 0 Å². The fourth-order valence-electron chi connectivity index (χ4n) is 3.14. The van der Waals surface area contributed by atoms with Crippen molar-refractivity contribution in [1.29, 1.82) is 0 Å². The molecular weight excluding hydrogens is 465 g/mol. The molecule has 0 fully saturated rings. The smallest absolute Gasteiger partial charge is 0.412 e. The van der Waals surface area contributed by atoms with E-state index >= 15 is 0 Å². The molecule has 0 saturated carbocycles. The summed E-state index contributed by atoms with van der Waals surface area (Å²) in [5.74, 6) is 0.181. The minimum absolute atomic E-state index is 0.0413. The van der Waals surface area contributed by atoms with E-state index in [0.29, 0.717) is 18.1 Å². The molecule has 2 aromatic carbocycles. The molecule has 0 bridgehead atoms. The summed E-state index contributed by atoms with van der Waals surface area (Å²) in [5.41, 5.74) is 0.779. The Bertz CT molecular complexity index is 1160. The predicted octanol–water partition coefficient (Wildman–Crippen LogP) is 5.18. The first-order valence-corrected chi connectivity index (χ1v) is 11.4. The van der Waals surface area contributed by atoms with Crippen LogP contribution >= 0.6 is 0 Å². The van der Waals surface area contributed by atoms with E-state index < -0.39 is 11.9 Å². The number of halogens is 1. The van der Waals surface area contributed by atoms with Crippen molar-refractivity contribution in [2.45, 2.75) is 13.0 Å². The first-order chi connectivity index (χ1) is 17.3. The second-order valence-electron chi connectivity index (χ2n) is 8.32. The highest BCUT2D eigenvalue weighted by Gasteiger charge is 2.12. The predicted molar refractivity (Wildman–Crippen MR) is 136 cm³/mol. The van der Waals surface area contributed by atoms with Crippen LogP contribution in [0.1, 0.15) is 12.0 Å². The first kappa shape index (κ1) is 26.4. The minimum Gasteiger partial charge on any atom is -0.457 e. The van der Waals surface area contributed by atoms with Gasteiger partial charge in [0.15, 0.2) is 5.82 Å². The van der Waals surface area contributed by atoms with Gasteiger partial charge in [0.1, 0.15) is 23.9 Å². The van der Waals surface area contributed by atoms with E-state index in [4.69, 9.17) is 9.47 Å². The number of anilines is 2. The van der Waals surface area contributed by atoms with Crippen molar-refractivity contribution in [3.05, 3.63) is 78.2 Å². The number of benzene rings is 2. The molecule has 9 nitrogen and oxygen atoms in total. The second kappa shape index (κ2) is 13.1. The van der Waals surface area contributed by atoms with Gasteiger partial charge in [-0.15, -0.1) is 0 Å². The number of nitrogens with one attached hydrogen (secondary N) is 2. The number of carbonyl (C=O) groups is 2. The molecule has 3 amide bonds. The Morgan fingerprint density at radius 1 is 0.944 bits per heavy atom. The SMILES string of the molecule is CN(C)CCCN(C)C(=O)Nc1cc(Oc2ccc(NC(=O)OCc3ccccc3)c(F)c2)ccn1. The Labute approximate surface area is 209 Å². The zero-order valence-electron chi connectivity index (χ0n) is 20.5. The van der Waals surface area contributed by atoms with Crippen LogP contribution in [0.25, 0.3) is 0 Å². The van der Waals surface area contributed by atoms with Gasteiger partial charge in [0.2, 0.25) is 0 Å². The normalized spacial score (nSPS) is 10.6. The highest BCUT2D eigenvalue weighted by atomic mass is 19.1. The largest absolute Gasteiger partial charge is 0.457 e. The van der Waals surface area contributed by atoms with Crippen LogP contribution in [0.5, 0.6) is 11.5 Å². The molecule has 0 spiro atoms. The monoisotopic (exact) mass is 495 g/mol. The van der Waals surface area contributed by atoms with E-state index in [0.717, 1.165) is 24.6 Å². The van der Waals surface area contributed by atoms with Crippen LogP contribution < -0.4 is 15.4 Å². The molecule has 1 aromatic heterocycles. The van der Waals surface area contributed by atoms with Crippen molar-refractivity contribution in [1.82, 2.24) is 14.8 Å².